The Balaban J connectivity index is 2.82. The predicted octanol–water partition coefficient (Wildman–Crippen LogP) is 2.73. The third-order valence-corrected chi connectivity index (χ3v) is 2.08. The smallest absolute Gasteiger partial charge is 0.161 e. The van der Waals surface area contributed by atoms with E-state index in [1.54, 1.807) is 18.2 Å². The molecule has 0 bridgehead atoms. The number of alkyl halides is 2. The SMILES string of the molecule is O=Cc1ccc(OCCCl)c(OCCCl)c1. The maximum absolute atomic E-state index is 10.6. The third-order valence-electron chi connectivity index (χ3n) is 1.77. The van der Waals surface area contributed by atoms with E-state index in [4.69, 9.17) is 32.7 Å². The van der Waals surface area contributed by atoms with Crippen molar-refractivity contribution in [1.82, 2.24) is 0 Å². The van der Waals surface area contributed by atoms with Gasteiger partial charge in [0.1, 0.15) is 19.5 Å². The predicted molar refractivity (Wildman–Crippen MR) is 64.3 cm³/mol. The highest BCUT2D eigenvalue weighted by Crippen LogP contribution is 2.28. The van der Waals surface area contributed by atoms with Crippen molar-refractivity contribution in [3.63, 3.8) is 0 Å². The zero-order valence-corrected chi connectivity index (χ0v) is 10.1. The van der Waals surface area contributed by atoms with Crippen LogP contribution >= 0.6 is 23.2 Å². The van der Waals surface area contributed by atoms with Gasteiger partial charge in [0, 0.05) is 5.56 Å². The lowest BCUT2D eigenvalue weighted by Gasteiger charge is -2.11. The van der Waals surface area contributed by atoms with E-state index in [2.05, 4.69) is 0 Å². The van der Waals surface area contributed by atoms with E-state index in [0.29, 0.717) is 42.0 Å². The molecule has 0 radical (unpaired) electrons. The second kappa shape index (κ2) is 7.36. The molecule has 3 nitrogen and oxygen atoms in total. The molecule has 88 valence electrons. The number of carbonyl (C=O) groups excluding carboxylic acids is 1. The molecule has 0 aromatic heterocycles. The number of carbonyl (C=O) groups is 1. The van der Waals surface area contributed by atoms with Gasteiger partial charge >= 0.3 is 0 Å². The first-order chi connectivity index (χ1) is 7.81. The first-order valence-electron chi connectivity index (χ1n) is 4.78. The van der Waals surface area contributed by atoms with Crippen molar-refractivity contribution in [2.75, 3.05) is 25.0 Å². The molecule has 0 aliphatic carbocycles. The van der Waals surface area contributed by atoms with Crippen LogP contribution in [0.25, 0.3) is 0 Å². The van der Waals surface area contributed by atoms with Gasteiger partial charge in [-0.05, 0) is 18.2 Å². The highest BCUT2D eigenvalue weighted by molar-refractivity contribution is 6.18. The second-order valence-corrected chi connectivity index (χ2v) is 3.65. The molecule has 1 aromatic carbocycles. The minimum absolute atomic E-state index is 0.362. The van der Waals surface area contributed by atoms with Crippen molar-refractivity contribution in [2.24, 2.45) is 0 Å². The van der Waals surface area contributed by atoms with Crippen molar-refractivity contribution in [2.45, 2.75) is 0 Å². The molecule has 1 rings (SSSR count). The fourth-order valence-corrected chi connectivity index (χ4v) is 1.28. The van der Waals surface area contributed by atoms with Crippen LogP contribution in [0, 0.1) is 0 Å². The Labute approximate surface area is 104 Å². The zero-order valence-electron chi connectivity index (χ0n) is 8.62. The number of hydrogen-bond acceptors (Lipinski definition) is 3. The van der Waals surface area contributed by atoms with Crippen molar-refractivity contribution in [3.05, 3.63) is 23.8 Å². The maximum atomic E-state index is 10.6. The zero-order chi connectivity index (χ0) is 11.8. The summed E-state index contributed by atoms with van der Waals surface area (Å²) in [4.78, 5) is 10.6. The van der Waals surface area contributed by atoms with Gasteiger partial charge in [-0.15, -0.1) is 23.2 Å². The highest BCUT2D eigenvalue weighted by atomic mass is 35.5. The van der Waals surface area contributed by atoms with Crippen molar-refractivity contribution in [3.8, 4) is 11.5 Å². The van der Waals surface area contributed by atoms with Gasteiger partial charge in [0.15, 0.2) is 11.5 Å². The van der Waals surface area contributed by atoms with Crippen LogP contribution < -0.4 is 9.47 Å². The van der Waals surface area contributed by atoms with Crippen LogP contribution in [0.1, 0.15) is 10.4 Å². The molecule has 0 saturated heterocycles. The summed E-state index contributed by atoms with van der Waals surface area (Å²) in [5.41, 5.74) is 0.530. The van der Waals surface area contributed by atoms with Crippen LogP contribution in [0.4, 0.5) is 0 Å². The Morgan fingerprint density at radius 2 is 1.69 bits per heavy atom. The summed E-state index contributed by atoms with van der Waals surface area (Å²) in [6, 6.07) is 4.95. The number of halogens is 2. The van der Waals surface area contributed by atoms with Crippen molar-refractivity contribution >= 4 is 29.5 Å². The standard InChI is InChI=1S/C11H12Cl2O3/c12-3-5-15-10-2-1-9(8-14)7-11(10)16-6-4-13/h1-2,7-8H,3-6H2. The van der Waals surface area contributed by atoms with Crippen LogP contribution in [0.3, 0.4) is 0 Å². The normalized spacial score (nSPS) is 9.88. The molecule has 1 aromatic rings. The van der Waals surface area contributed by atoms with E-state index in [0.717, 1.165) is 6.29 Å². The quantitative estimate of drug-likeness (QED) is 0.560. The topological polar surface area (TPSA) is 35.5 Å². The largest absolute Gasteiger partial charge is 0.488 e. The van der Waals surface area contributed by atoms with Crippen molar-refractivity contribution in [1.29, 1.82) is 0 Å². The molecular weight excluding hydrogens is 251 g/mol. The molecule has 5 heteroatoms. The van der Waals surface area contributed by atoms with E-state index in [1.165, 1.54) is 0 Å². The lowest BCUT2D eigenvalue weighted by Crippen LogP contribution is -2.04. The van der Waals surface area contributed by atoms with Crippen LogP contribution in [-0.2, 0) is 0 Å². The van der Waals surface area contributed by atoms with E-state index in [1.807, 2.05) is 0 Å². The Bertz CT molecular complexity index is 342. The number of benzene rings is 1. The number of hydrogen-bond donors (Lipinski definition) is 0. The molecule has 16 heavy (non-hydrogen) atoms. The lowest BCUT2D eigenvalue weighted by atomic mass is 10.2. The van der Waals surface area contributed by atoms with Crippen LogP contribution in [-0.4, -0.2) is 31.3 Å². The summed E-state index contributed by atoms with van der Waals surface area (Å²) in [5.74, 6) is 1.84. The second-order valence-electron chi connectivity index (χ2n) is 2.90. The lowest BCUT2D eigenvalue weighted by molar-refractivity contribution is 0.112. The van der Waals surface area contributed by atoms with E-state index in [9.17, 15) is 4.79 Å². The molecule has 0 aliphatic rings. The molecular formula is C11H12Cl2O3. The molecule has 0 heterocycles. The highest BCUT2D eigenvalue weighted by Gasteiger charge is 2.06. The third kappa shape index (κ3) is 3.91. The first-order valence-corrected chi connectivity index (χ1v) is 5.85. The molecule has 0 fully saturated rings. The minimum Gasteiger partial charge on any atom is -0.488 e. The van der Waals surface area contributed by atoms with E-state index >= 15 is 0 Å². The number of aldehydes is 1. The van der Waals surface area contributed by atoms with Gasteiger partial charge < -0.3 is 9.47 Å². The Hall–Kier alpha value is -0.930. The van der Waals surface area contributed by atoms with Gasteiger partial charge in [-0.1, -0.05) is 0 Å². The molecule has 0 N–H and O–H groups in total. The summed E-state index contributed by atoms with van der Waals surface area (Å²) < 4.78 is 10.7. The van der Waals surface area contributed by atoms with Gasteiger partial charge in [0.05, 0.1) is 11.8 Å². The molecule has 0 saturated carbocycles. The van der Waals surface area contributed by atoms with Crippen LogP contribution in [0.2, 0.25) is 0 Å². The van der Waals surface area contributed by atoms with Gasteiger partial charge in [-0.25, -0.2) is 0 Å². The van der Waals surface area contributed by atoms with Crippen molar-refractivity contribution < 1.29 is 14.3 Å². The average molecular weight is 263 g/mol. The molecule has 0 unspecified atom stereocenters. The molecule has 0 spiro atoms. The van der Waals surface area contributed by atoms with E-state index < -0.39 is 0 Å². The number of rotatable bonds is 7. The van der Waals surface area contributed by atoms with Crippen LogP contribution in [0.5, 0.6) is 11.5 Å². The molecule has 0 atom stereocenters. The average Bonchev–Trinajstić information content (AvgIpc) is 2.34. The van der Waals surface area contributed by atoms with Gasteiger partial charge in [0.2, 0.25) is 0 Å². The van der Waals surface area contributed by atoms with Gasteiger partial charge in [-0.3, -0.25) is 4.79 Å². The first kappa shape index (κ1) is 13.1. The summed E-state index contributed by atoms with van der Waals surface area (Å²) in [7, 11) is 0. The molecule has 0 amide bonds. The Morgan fingerprint density at radius 3 is 2.25 bits per heavy atom. The summed E-state index contributed by atoms with van der Waals surface area (Å²) >= 11 is 11.0. The fraction of sp³-hybridized carbons (Fsp3) is 0.364. The van der Waals surface area contributed by atoms with Gasteiger partial charge in [-0.2, -0.15) is 0 Å². The Kier molecular flexibility index (Phi) is 6.04. The summed E-state index contributed by atoms with van der Waals surface area (Å²) in [6.07, 6.45) is 0.749. The maximum Gasteiger partial charge on any atom is 0.161 e. The van der Waals surface area contributed by atoms with Crippen LogP contribution in [0.15, 0.2) is 18.2 Å². The fourth-order valence-electron chi connectivity index (χ4n) is 1.13. The summed E-state index contributed by atoms with van der Waals surface area (Å²) in [5, 5.41) is 0. The summed E-state index contributed by atoms with van der Waals surface area (Å²) in [6.45, 7) is 0.750. The number of ether oxygens (including phenoxy) is 2. The Morgan fingerprint density at radius 1 is 1.06 bits per heavy atom. The van der Waals surface area contributed by atoms with E-state index in [-0.39, 0.29) is 0 Å². The monoisotopic (exact) mass is 262 g/mol. The van der Waals surface area contributed by atoms with Gasteiger partial charge in [0.25, 0.3) is 0 Å². The minimum atomic E-state index is 0.362. The molecule has 0 aliphatic heterocycles.